The monoisotopic (exact) mass is 302 g/mol. The van der Waals surface area contributed by atoms with Crippen molar-refractivity contribution in [3.8, 4) is 0 Å². The standard InChI is InChI=1S/C16H26N6/c1-4-13-10-14(15-19-18-12-22(15)20-13)17-11-16(21(2)3)8-6-5-7-9-16/h10,12,17H,4-9,11H2,1-3H3. The number of aryl methyl sites for hydroxylation is 1. The highest BCUT2D eigenvalue weighted by molar-refractivity contribution is 5.66. The van der Waals surface area contributed by atoms with Gasteiger partial charge in [-0.3, -0.25) is 0 Å². The van der Waals surface area contributed by atoms with Gasteiger partial charge in [-0.1, -0.05) is 26.2 Å². The molecule has 0 amide bonds. The van der Waals surface area contributed by atoms with Gasteiger partial charge >= 0.3 is 0 Å². The van der Waals surface area contributed by atoms with Gasteiger partial charge in [0.25, 0.3) is 0 Å². The molecule has 2 heterocycles. The van der Waals surface area contributed by atoms with Gasteiger partial charge in [-0.25, -0.2) is 0 Å². The molecular weight excluding hydrogens is 276 g/mol. The SMILES string of the molecule is CCc1cc(NCC2(N(C)C)CCCCC2)c2nncn2n1. The van der Waals surface area contributed by atoms with Crippen LogP contribution in [0, 0.1) is 0 Å². The summed E-state index contributed by atoms with van der Waals surface area (Å²) in [4.78, 5) is 2.39. The van der Waals surface area contributed by atoms with Crippen molar-refractivity contribution in [3.05, 3.63) is 18.1 Å². The lowest BCUT2D eigenvalue weighted by molar-refractivity contribution is 0.113. The van der Waals surface area contributed by atoms with E-state index in [1.165, 1.54) is 32.1 Å². The van der Waals surface area contributed by atoms with Crippen LogP contribution in [0.15, 0.2) is 12.4 Å². The van der Waals surface area contributed by atoms with E-state index in [-0.39, 0.29) is 5.54 Å². The van der Waals surface area contributed by atoms with E-state index in [2.05, 4.69) is 52.6 Å². The number of aromatic nitrogens is 4. The quantitative estimate of drug-likeness (QED) is 0.919. The van der Waals surface area contributed by atoms with Gasteiger partial charge in [-0.2, -0.15) is 9.61 Å². The van der Waals surface area contributed by atoms with E-state index in [1.807, 2.05) is 0 Å². The first-order chi connectivity index (χ1) is 10.6. The molecule has 6 nitrogen and oxygen atoms in total. The maximum absolute atomic E-state index is 4.50. The zero-order valence-electron chi connectivity index (χ0n) is 13.8. The number of hydrogen-bond donors (Lipinski definition) is 1. The summed E-state index contributed by atoms with van der Waals surface area (Å²) in [5, 5.41) is 16.3. The molecule has 2 aromatic heterocycles. The van der Waals surface area contributed by atoms with E-state index in [0.717, 1.165) is 30.0 Å². The predicted octanol–water partition coefficient (Wildman–Crippen LogP) is 2.36. The van der Waals surface area contributed by atoms with Gasteiger partial charge in [-0.05, 0) is 39.4 Å². The normalized spacial score (nSPS) is 18.0. The van der Waals surface area contributed by atoms with Crippen LogP contribution in [0.3, 0.4) is 0 Å². The largest absolute Gasteiger partial charge is 0.380 e. The molecule has 1 saturated carbocycles. The summed E-state index contributed by atoms with van der Waals surface area (Å²) < 4.78 is 1.77. The first-order valence-corrected chi connectivity index (χ1v) is 8.26. The van der Waals surface area contributed by atoms with Crippen molar-refractivity contribution < 1.29 is 0 Å². The van der Waals surface area contributed by atoms with Crippen LogP contribution in [0.4, 0.5) is 5.69 Å². The molecule has 3 rings (SSSR count). The van der Waals surface area contributed by atoms with Gasteiger partial charge in [0.1, 0.15) is 6.33 Å². The number of rotatable bonds is 5. The molecule has 0 saturated heterocycles. The van der Waals surface area contributed by atoms with Crippen molar-refractivity contribution in [2.24, 2.45) is 0 Å². The second-order valence-electron chi connectivity index (χ2n) is 6.54. The minimum absolute atomic E-state index is 0.241. The Morgan fingerprint density at radius 2 is 2.05 bits per heavy atom. The van der Waals surface area contributed by atoms with Gasteiger partial charge in [0, 0.05) is 12.1 Å². The summed E-state index contributed by atoms with van der Waals surface area (Å²) in [6, 6.07) is 2.11. The fourth-order valence-corrected chi connectivity index (χ4v) is 3.43. The van der Waals surface area contributed by atoms with E-state index >= 15 is 0 Å². The molecule has 0 radical (unpaired) electrons. The molecule has 0 unspecified atom stereocenters. The zero-order valence-corrected chi connectivity index (χ0v) is 13.8. The van der Waals surface area contributed by atoms with Gasteiger partial charge < -0.3 is 10.2 Å². The molecule has 2 aromatic rings. The van der Waals surface area contributed by atoms with Crippen molar-refractivity contribution in [2.45, 2.75) is 51.0 Å². The molecule has 120 valence electrons. The van der Waals surface area contributed by atoms with Crippen LogP contribution in [0.5, 0.6) is 0 Å². The summed E-state index contributed by atoms with van der Waals surface area (Å²) in [6.07, 6.45) is 9.07. The highest BCUT2D eigenvalue weighted by Crippen LogP contribution is 2.32. The molecule has 0 atom stereocenters. The summed E-state index contributed by atoms with van der Waals surface area (Å²) in [5.74, 6) is 0. The summed E-state index contributed by atoms with van der Waals surface area (Å²) >= 11 is 0. The number of nitrogens with one attached hydrogen (secondary N) is 1. The third kappa shape index (κ3) is 2.79. The third-order valence-corrected chi connectivity index (χ3v) is 5.02. The number of nitrogens with zero attached hydrogens (tertiary/aromatic N) is 5. The van der Waals surface area contributed by atoms with Crippen molar-refractivity contribution in [3.63, 3.8) is 0 Å². The molecule has 1 N–H and O–H groups in total. The Hall–Kier alpha value is -1.69. The topological polar surface area (TPSA) is 58.3 Å². The van der Waals surface area contributed by atoms with Gasteiger partial charge in [0.15, 0.2) is 0 Å². The van der Waals surface area contributed by atoms with Crippen molar-refractivity contribution in [2.75, 3.05) is 26.0 Å². The van der Waals surface area contributed by atoms with Crippen LogP contribution < -0.4 is 5.32 Å². The number of fused-ring (bicyclic) bond motifs is 1. The van der Waals surface area contributed by atoms with Gasteiger partial charge in [-0.15, -0.1) is 10.2 Å². The fourth-order valence-electron chi connectivity index (χ4n) is 3.43. The smallest absolute Gasteiger partial charge is 0.200 e. The van der Waals surface area contributed by atoms with Crippen LogP contribution in [-0.4, -0.2) is 50.9 Å². The summed E-state index contributed by atoms with van der Waals surface area (Å²) in [7, 11) is 4.40. The Morgan fingerprint density at radius 1 is 1.27 bits per heavy atom. The molecule has 0 bridgehead atoms. The molecule has 0 spiro atoms. The minimum atomic E-state index is 0.241. The van der Waals surface area contributed by atoms with Crippen molar-refractivity contribution in [1.29, 1.82) is 0 Å². The number of likely N-dealkylation sites (N-methyl/N-ethyl adjacent to an activating group) is 1. The van der Waals surface area contributed by atoms with E-state index in [1.54, 1.807) is 10.8 Å². The molecule has 1 aliphatic carbocycles. The first-order valence-electron chi connectivity index (χ1n) is 8.26. The number of hydrogen-bond acceptors (Lipinski definition) is 5. The third-order valence-electron chi connectivity index (χ3n) is 5.02. The molecular formula is C16H26N6. The molecule has 0 aromatic carbocycles. The van der Waals surface area contributed by atoms with Gasteiger partial charge in [0.2, 0.25) is 5.65 Å². The Morgan fingerprint density at radius 3 is 2.73 bits per heavy atom. The van der Waals surface area contributed by atoms with E-state index in [4.69, 9.17) is 0 Å². The summed E-state index contributed by atoms with van der Waals surface area (Å²) in [6.45, 7) is 3.06. The Balaban J connectivity index is 1.84. The molecule has 22 heavy (non-hydrogen) atoms. The maximum atomic E-state index is 4.50. The first kappa shape index (κ1) is 15.2. The highest BCUT2D eigenvalue weighted by Gasteiger charge is 2.34. The van der Waals surface area contributed by atoms with Crippen LogP contribution >= 0.6 is 0 Å². The predicted molar refractivity (Wildman–Crippen MR) is 88.2 cm³/mol. The van der Waals surface area contributed by atoms with Crippen molar-refractivity contribution in [1.82, 2.24) is 24.7 Å². The van der Waals surface area contributed by atoms with E-state index < -0.39 is 0 Å². The lowest BCUT2D eigenvalue weighted by atomic mass is 9.80. The molecule has 0 aliphatic heterocycles. The molecule has 1 fully saturated rings. The van der Waals surface area contributed by atoms with Crippen LogP contribution in [0.1, 0.15) is 44.7 Å². The highest BCUT2D eigenvalue weighted by atomic mass is 15.3. The van der Waals surface area contributed by atoms with Crippen LogP contribution in [0.25, 0.3) is 5.65 Å². The average molecular weight is 302 g/mol. The Kier molecular flexibility index (Phi) is 4.29. The van der Waals surface area contributed by atoms with E-state index in [0.29, 0.717) is 0 Å². The molecule has 1 aliphatic rings. The fraction of sp³-hybridized carbons (Fsp3) is 0.688. The van der Waals surface area contributed by atoms with Crippen molar-refractivity contribution >= 4 is 11.3 Å². The van der Waals surface area contributed by atoms with Crippen LogP contribution in [-0.2, 0) is 6.42 Å². The molecule has 6 heteroatoms. The second kappa shape index (κ2) is 6.20. The minimum Gasteiger partial charge on any atom is -0.380 e. The Labute approximate surface area is 131 Å². The zero-order chi connectivity index (χ0) is 15.6. The maximum Gasteiger partial charge on any atom is 0.200 e. The summed E-state index contributed by atoms with van der Waals surface area (Å²) in [5.41, 5.74) is 3.14. The second-order valence-corrected chi connectivity index (χ2v) is 6.54. The average Bonchev–Trinajstić information content (AvgIpc) is 3.01. The van der Waals surface area contributed by atoms with Gasteiger partial charge in [0.05, 0.1) is 11.4 Å². The Bertz CT molecular complexity index is 627. The lowest BCUT2D eigenvalue weighted by Gasteiger charge is -2.43. The van der Waals surface area contributed by atoms with Crippen LogP contribution in [0.2, 0.25) is 0 Å². The lowest BCUT2D eigenvalue weighted by Crippen LogP contribution is -2.51. The number of anilines is 1. The van der Waals surface area contributed by atoms with E-state index in [9.17, 15) is 0 Å².